The highest BCUT2D eigenvalue weighted by atomic mass is 16.2. The summed E-state index contributed by atoms with van der Waals surface area (Å²) in [5.41, 5.74) is 9.02. The van der Waals surface area contributed by atoms with Crippen LogP contribution in [0.4, 0.5) is 0 Å². The van der Waals surface area contributed by atoms with Crippen LogP contribution in [0.25, 0.3) is 0 Å². The minimum absolute atomic E-state index is 0.000868. The maximum absolute atomic E-state index is 13.2. The summed E-state index contributed by atoms with van der Waals surface area (Å²) in [5.74, 6) is -0.103. The Morgan fingerprint density at radius 2 is 1.57 bits per heavy atom. The predicted molar refractivity (Wildman–Crippen MR) is 119 cm³/mol. The molecule has 1 heterocycles. The molecule has 1 aliphatic rings. The van der Waals surface area contributed by atoms with E-state index in [1.165, 1.54) is 5.56 Å². The predicted octanol–water partition coefficient (Wildman–Crippen LogP) is 1.93. The number of nitrogens with one attached hydrogen (secondary N) is 1. The first-order valence-corrected chi connectivity index (χ1v) is 10.7. The monoisotopic (exact) mass is 408 g/mol. The number of hydrogen-bond acceptors (Lipinski definition) is 4. The molecular formula is C24H32N4O2. The third kappa shape index (κ3) is 6.15. The zero-order valence-corrected chi connectivity index (χ0v) is 17.7. The van der Waals surface area contributed by atoms with Crippen molar-refractivity contribution in [2.45, 2.75) is 38.9 Å². The molecule has 3 rings (SSSR count). The van der Waals surface area contributed by atoms with E-state index in [1.54, 1.807) is 6.92 Å². The van der Waals surface area contributed by atoms with E-state index in [-0.39, 0.29) is 11.8 Å². The van der Waals surface area contributed by atoms with E-state index in [4.69, 9.17) is 5.73 Å². The third-order valence-corrected chi connectivity index (χ3v) is 5.59. The molecule has 2 aromatic rings. The average Bonchev–Trinajstić information content (AvgIpc) is 2.79. The molecule has 1 atom stereocenters. The lowest BCUT2D eigenvalue weighted by atomic mass is 10.0. The Labute approximate surface area is 179 Å². The highest BCUT2D eigenvalue weighted by Crippen LogP contribution is 2.12. The topological polar surface area (TPSA) is 78.7 Å². The first kappa shape index (κ1) is 22.0. The van der Waals surface area contributed by atoms with Gasteiger partial charge in [0.15, 0.2) is 0 Å². The third-order valence-electron chi connectivity index (χ3n) is 5.59. The fourth-order valence-corrected chi connectivity index (χ4v) is 3.73. The first-order valence-electron chi connectivity index (χ1n) is 10.7. The van der Waals surface area contributed by atoms with Crippen LogP contribution in [-0.4, -0.2) is 53.8 Å². The van der Waals surface area contributed by atoms with Crippen molar-refractivity contribution in [3.05, 3.63) is 71.3 Å². The van der Waals surface area contributed by atoms with Crippen LogP contribution in [0.15, 0.2) is 54.6 Å². The molecule has 1 saturated heterocycles. The summed E-state index contributed by atoms with van der Waals surface area (Å²) in [5, 5.41) is 2.92. The Hall–Kier alpha value is -2.70. The fourth-order valence-electron chi connectivity index (χ4n) is 3.73. The van der Waals surface area contributed by atoms with Crippen molar-refractivity contribution in [3.63, 3.8) is 0 Å². The molecule has 0 saturated carbocycles. The molecule has 0 spiro atoms. The number of amides is 2. The zero-order chi connectivity index (χ0) is 21.3. The fraction of sp³-hybridized carbons (Fsp3) is 0.417. The van der Waals surface area contributed by atoms with E-state index in [0.29, 0.717) is 32.5 Å². The van der Waals surface area contributed by atoms with Crippen LogP contribution in [0, 0.1) is 0 Å². The van der Waals surface area contributed by atoms with Crippen molar-refractivity contribution < 1.29 is 9.59 Å². The molecule has 3 N–H and O–H groups in total. The summed E-state index contributed by atoms with van der Waals surface area (Å²) in [6, 6.07) is 17.8. The van der Waals surface area contributed by atoms with Crippen LogP contribution >= 0.6 is 0 Å². The molecule has 2 amide bonds. The van der Waals surface area contributed by atoms with Gasteiger partial charge in [0.25, 0.3) is 0 Å². The summed E-state index contributed by atoms with van der Waals surface area (Å²) in [4.78, 5) is 29.5. The van der Waals surface area contributed by atoms with Crippen molar-refractivity contribution in [2.75, 3.05) is 26.2 Å². The lowest BCUT2D eigenvalue weighted by Gasteiger charge is -2.36. The van der Waals surface area contributed by atoms with Crippen molar-refractivity contribution in [1.29, 1.82) is 0 Å². The molecule has 30 heavy (non-hydrogen) atoms. The minimum atomic E-state index is -0.540. The molecule has 6 heteroatoms. The second-order valence-corrected chi connectivity index (χ2v) is 7.79. The van der Waals surface area contributed by atoms with Gasteiger partial charge in [-0.25, -0.2) is 0 Å². The molecule has 160 valence electrons. The Morgan fingerprint density at radius 1 is 0.933 bits per heavy atom. The number of hydrogen-bond donors (Lipinski definition) is 2. The van der Waals surface area contributed by atoms with Crippen LogP contribution in [0.2, 0.25) is 0 Å². The first-order chi connectivity index (χ1) is 14.6. The Balaban J connectivity index is 1.60. The van der Waals surface area contributed by atoms with Crippen molar-refractivity contribution in [3.8, 4) is 0 Å². The van der Waals surface area contributed by atoms with Gasteiger partial charge in [-0.05, 0) is 16.7 Å². The lowest BCUT2D eigenvalue weighted by molar-refractivity contribution is -0.138. The molecule has 1 unspecified atom stereocenters. The highest BCUT2D eigenvalue weighted by molar-refractivity contribution is 5.88. The summed E-state index contributed by atoms with van der Waals surface area (Å²) in [7, 11) is 0. The SMILES string of the molecule is CCC(=O)NC(Cc1ccc(CN)cc1)C(=O)N1CCN(Cc2ccccc2)CC1. The number of rotatable bonds is 8. The quantitative estimate of drug-likeness (QED) is 0.700. The van der Waals surface area contributed by atoms with Crippen LogP contribution in [0.5, 0.6) is 0 Å². The minimum Gasteiger partial charge on any atom is -0.344 e. The smallest absolute Gasteiger partial charge is 0.245 e. The van der Waals surface area contributed by atoms with Gasteiger partial charge < -0.3 is 16.0 Å². The van der Waals surface area contributed by atoms with Crippen molar-refractivity contribution >= 4 is 11.8 Å². The normalized spacial score (nSPS) is 15.6. The zero-order valence-electron chi connectivity index (χ0n) is 17.7. The van der Waals surface area contributed by atoms with E-state index in [1.807, 2.05) is 35.2 Å². The molecule has 1 aliphatic heterocycles. The van der Waals surface area contributed by atoms with Crippen LogP contribution in [0.3, 0.4) is 0 Å². The van der Waals surface area contributed by atoms with Crippen LogP contribution in [-0.2, 0) is 29.1 Å². The summed E-state index contributed by atoms with van der Waals surface area (Å²) in [6.07, 6.45) is 0.848. The number of nitrogens with two attached hydrogens (primary N) is 1. The Kier molecular flexibility index (Phi) is 7.99. The van der Waals surface area contributed by atoms with Gasteiger partial charge in [-0.3, -0.25) is 14.5 Å². The number of piperazine rings is 1. The molecule has 0 radical (unpaired) electrons. The van der Waals surface area contributed by atoms with E-state index in [0.717, 1.165) is 30.8 Å². The Bertz CT molecular complexity index is 815. The molecule has 1 fully saturated rings. The number of benzene rings is 2. The largest absolute Gasteiger partial charge is 0.344 e. The van der Waals surface area contributed by atoms with Gasteiger partial charge in [-0.15, -0.1) is 0 Å². The summed E-state index contributed by atoms with van der Waals surface area (Å²) >= 11 is 0. The van der Waals surface area contributed by atoms with Crippen molar-refractivity contribution in [2.24, 2.45) is 5.73 Å². The molecule has 2 aromatic carbocycles. The standard InChI is InChI=1S/C24H32N4O2/c1-2-23(29)26-22(16-19-8-10-20(17-25)11-9-19)24(30)28-14-12-27(13-15-28)18-21-6-4-3-5-7-21/h3-11,22H,2,12-18,25H2,1H3,(H,26,29). The van der Waals surface area contributed by atoms with Gasteiger partial charge in [-0.2, -0.15) is 0 Å². The van der Waals surface area contributed by atoms with E-state index in [9.17, 15) is 9.59 Å². The van der Waals surface area contributed by atoms with Gasteiger partial charge in [0, 0.05) is 52.1 Å². The van der Waals surface area contributed by atoms with E-state index in [2.05, 4.69) is 34.5 Å². The number of carbonyl (C=O) groups excluding carboxylic acids is 2. The Morgan fingerprint density at radius 3 is 2.17 bits per heavy atom. The molecule has 6 nitrogen and oxygen atoms in total. The van der Waals surface area contributed by atoms with Gasteiger partial charge >= 0.3 is 0 Å². The van der Waals surface area contributed by atoms with Crippen LogP contribution < -0.4 is 11.1 Å². The van der Waals surface area contributed by atoms with E-state index >= 15 is 0 Å². The molecule has 0 aromatic heterocycles. The maximum Gasteiger partial charge on any atom is 0.245 e. The summed E-state index contributed by atoms with van der Waals surface area (Å²) in [6.45, 7) is 6.21. The molecule has 0 aliphatic carbocycles. The average molecular weight is 409 g/mol. The van der Waals surface area contributed by atoms with Gasteiger partial charge in [0.1, 0.15) is 6.04 Å². The number of nitrogens with zero attached hydrogens (tertiary/aromatic N) is 2. The maximum atomic E-state index is 13.2. The number of carbonyl (C=O) groups is 2. The second kappa shape index (κ2) is 10.9. The molecule has 0 bridgehead atoms. The van der Waals surface area contributed by atoms with Crippen molar-refractivity contribution in [1.82, 2.24) is 15.1 Å². The highest BCUT2D eigenvalue weighted by Gasteiger charge is 2.28. The van der Waals surface area contributed by atoms with Gasteiger partial charge in [0.2, 0.25) is 11.8 Å². The summed E-state index contributed by atoms with van der Waals surface area (Å²) < 4.78 is 0. The molecular weight excluding hydrogens is 376 g/mol. The van der Waals surface area contributed by atoms with Gasteiger partial charge in [0.05, 0.1) is 0 Å². The van der Waals surface area contributed by atoms with Gasteiger partial charge in [-0.1, -0.05) is 61.5 Å². The van der Waals surface area contributed by atoms with Crippen LogP contribution in [0.1, 0.15) is 30.0 Å². The lowest BCUT2D eigenvalue weighted by Crippen LogP contribution is -2.55. The van der Waals surface area contributed by atoms with E-state index < -0.39 is 6.04 Å². The second-order valence-electron chi connectivity index (χ2n) is 7.79.